The maximum atomic E-state index is 15.1. The highest BCUT2D eigenvalue weighted by molar-refractivity contribution is 6.35. The molecule has 0 radical (unpaired) electrons. The predicted octanol–water partition coefficient (Wildman–Crippen LogP) is 7.91. The molecule has 0 saturated carbocycles. The van der Waals surface area contributed by atoms with E-state index in [4.69, 9.17) is 37.7 Å². The number of nitrogens with one attached hydrogen (secondary N) is 1. The molecule has 248 valence electrons. The third kappa shape index (κ3) is 8.70. The van der Waals surface area contributed by atoms with Crippen molar-refractivity contribution in [3.05, 3.63) is 87.2 Å². The van der Waals surface area contributed by atoms with Gasteiger partial charge in [0.15, 0.2) is 11.6 Å². The van der Waals surface area contributed by atoms with Crippen LogP contribution in [0.15, 0.2) is 54.6 Å². The van der Waals surface area contributed by atoms with Crippen LogP contribution in [0.5, 0.6) is 11.6 Å². The van der Waals surface area contributed by atoms with Gasteiger partial charge in [-0.3, -0.25) is 4.90 Å². The van der Waals surface area contributed by atoms with Gasteiger partial charge in [-0.25, -0.2) is 14.2 Å². The number of ether oxygens (including phenoxy) is 2. The molecular formula is C35H39Cl2FN6O3. The molecule has 1 saturated heterocycles. The van der Waals surface area contributed by atoms with E-state index in [1.807, 2.05) is 32.9 Å². The van der Waals surface area contributed by atoms with Crippen LogP contribution in [0.4, 0.5) is 26.5 Å². The van der Waals surface area contributed by atoms with E-state index >= 15 is 4.39 Å². The van der Waals surface area contributed by atoms with Gasteiger partial charge in [-0.15, -0.1) is 0 Å². The Morgan fingerprint density at radius 2 is 1.74 bits per heavy atom. The second kappa shape index (κ2) is 15.3. The highest BCUT2D eigenvalue weighted by Gasteiger charge is 2.20. The van der Waals surface area contributed by atoms with Crippen molar-refractivity contribution in [3.63, 3.8) is 0 Å². The van der Waals surface area contributed by atoms with Gasteiger partial charge in [0, 0.05) is 68.2 Å². The average molecular weight is 682 g/mol. The Balaban J connectivity index is 1.34. The maximum Gasteiger partial charge on any atom is 0.420 e. The molecule has 0 bridgehead atoms. The lowest BCUT2D eigenvalue weighted by molar-refractivity contribution is 0.145. The Kier molecular flexibility index (Phi) is 11.2. The van der Waals surface area contributed by atoms with E-state index in [9.17, 15) is 4.79 Å². The number of aromatic nitrogens is 2. The van der Waals surface area contributed by atoms with E-state index in [-0.39, 0.29) is 17.6 Å². The van der Waals surface area contributed by atoms with Crippen LogP contribution in [0.2, 0.25) is 10.0 Å². The summed E-state index contributed by atoms with van der Waals surface area (Å²) in [6.07, 6.45) is 0.0729. The highest BCUT2D eigenvalue weighted by Crippen LogP contribution is 2.32. The van der Waals surface area contributed by atoms with E-state index < -0.39 is 11.9 Å². The maximum absolute atomic E-state index is 15.1. The topological polar surface area (TPSA) is 83.1 Å². The number of benzene rings is 3. The molecule has 0 aliphatic carbocycles. The minimum atomic E-state index is -0.734. The summed E-state index contributed by atoms with van der Waals surface area (Å²) in [5.41, 5.74) is 5.42. The van der Waals surface area contributed by atoms with Crippen molar-refractivity contribution in [2.75, 3.05) is 63.6 Å². The summed E-state index contributed by atoms with van der Waals surface area (Å²) in [5.74, 6) is -0.230. The molecule has 1 fully saturated rings. The van der Waals surface area contributed by atoms with Crippen molar-refractivity contribution in [2.45, 2.75) is 27.2 Å². The Labute approximate surface area is 285 Å². The molecule has 9 nitrogen and oxygen atoms in total. The fourth-order valence-electron chi connectivity index (χ4n) is 5.27. The van der Waals surface area contributed by atoms with E-state index in [0.717, 1.165) is 61.4 Å². The Morgan fingerprint density at radius 3 is 2.49 bits per heavy atom. The second-order valence-corrected chi connectivity index (χ2v) is 12.6. The van der Waals surface area contributed by atoms with Gasteiger partial charge in [-0.1, -0.05) is 35.3 Å². The highest BCUT2D eigenvalue weighted by atomic mass is 35.5. The number of nitrogens with zero attached hydrogens (tertiary/aromatic N) is 5. The molecule has 1 N–H and O–H groups in total. The number of anilines is 3. The van der Waals surface area contributed by atoms with Crippen LogP contribution in [-0.4, -0.2) is 79.3 Å². The quantitative estimate of drug-likeness (QED) is 0.169. The van der Waals surface area contributed by atoms with Gasteiger partial charge in [0.25, 0.3) is 0 Å². The van der Waals surface area contributed by atoms with Crippen LogP contribution in [0.25, 0.3) is 11.3 Å². The zero-order valence-electron chi connectivity index (χ0n) is 27.2. The first-order chi connectivity index (χ1) is 22.5. The number of carbonyl (C=O) groups is 1. The van der Waals surface area contributed by atoms with Crippen molar-refractivity contribution in [3.8, 4) is 22.9 Å². The largest absolute Gasteiger partial charge is 0.490 e. The van der Waals surface area contributed by atoms with Gasteiger partial charge in [-0.2, -0.15) is 4.98 Å². The Bertz CT molecular complexity index is 1750. The zero-order chi connectivity index (χ0) is 33.7. The predicted molar refractivity (Wildman–Crippen MR) is 186 cm³/mol. The monoisotopic (exact) mass is 680 g/mol. The summed E-state index contributed by atoms with van der Waals surface area (Å²) in [7, 11) is 3.65. The average Bonchev–Trinajstić information content (AvgIpc) is 3.04. The number of aryl methyl sites for hydroxylation is 1. The number of likely N-dealkylation sites (N-methyl/N-ethyl adjacent to an activating group) is 1. The lowest BCUT2D eigenvalue weighted by atomic mass is 9.97. The molecule has 1 amide bonds. The molecule has 0 atom stereocenters. The third-order valence-electron chi connectivity index (χ3n) is 8.43. The number of hydrogen-bond donors (Lipinski definition) is 1. The van der Waals surface area contributed by atoms with Crippen LogP contribution >= 0.6 is 23.2 Å². The second-order valence-electron chi connectivity index (χ2n) is 11.7. The fourth-order valence-corrected chi connectivity index (χ4v) is 5.68. The molecule has 0 spiro atoms. The van der Waals surface area contributed by atoms with Gasteiger partial charge in [0.05, 0.1) is 23.0 Å². The van der Waals surface area contributed by atoms with E-state index in [1.165, 1.54) is 18.0 Å². The van der Waals surface area contributed by atoms with Gasteiger partial charge in [-0.05, 0) is 81.3 Å². The molecule has 0 unspecified atom stereocenters. The first-order valence-electron chi connectivity index (χ1n) is 15.5. The first kappa shape index (κ1) is 34.4. The normalized spacial score (nSPS) is 13.8. The molecule has 1 aliphatic rings. The third-order valence-corrected chi connectivity index (χ3v) is 8.99. The van der Waals surface area contributed by atoms with E-state index in [1.54, 1.807) is 36.4 Å². The standard InChI is InChI=1S/C35H39Cl2FN6O3/c1-22-7-10-27(24(3)23(22)2)30-21-33(47-35(45)43(5)31-19-25(36)8-11-28(31)37)41-34(40-30)39-26-9-12-32(29(38)20-26)46-18-6-13-44-16-14-42(4)15-17-44/h7-12,19-21H,6,13-18H2,1-5H3,(H,39,40,41). The van der Waals surface area contributed by atoms with Gasteiger partial charge in [0.1, 0.15) is 0 Å². The molecule has 2 heterocycles. The molecule has 1 aliphatic heterocycles. The van der Waals surface area contributed by atoms with Crippen molar-refractivity contribution < 1.29 is 18.7 Å². The van der Waals surface area contributed by atoms with Crippen LogP contribution in [0, 0.1) is 26.6 Å². The molecule has 3 aromatic carbocycles. The van der Waals surface area contributed by atoms with Gasteiger partial charge >= 0.3 is 6.09 Å². The van der Waals surface area contributed by atoms with Crippen LogP contribution in [0.3, 0.4) is 0 Å². The lowest BCUT2D eigenvalue weighted by Crippen LogP contribution is -2.44. The van der Waals surface area contributed by atoms with Crippen molar-refractivity contribution >= 4 is 46.6 Å². The number of carbonyl (C=O) groups excluding carboxylic acids is 1. The fraction of sp³-hybridized carbons (Fsp3) is 0.343. The summed E-state index contributed by atoms with van der Waals surface area (Å²) in [5, 5.41) is 3.81. The Morgan fingerprint density at radius 1 is 0.979 bits per heavy atom. The van der Waals surface area contributed by atoms with Gasteiger partial charge in [0.2, 0.25) is 11.8 Å². The molecule has 5 rings (SSSR count). The lowest BCUT2D eigenvalue weighted by Gasteiger charge is -2.32. The molecule has 4 aromatic rings. The smallest absolute Gasteiger partial charge is 0.420 e. The number of rotatable bonds is 10. The molecule has 12 heteroatoms. The summed E-state index contributed by atoms with van der Waals surface area (Å²) in [4.78, 5) is 28.3. The molecule has 1 aromatic heterocycles. The zero-order valence-corrected chi connectivity index (χ0v) is 28.8. The van der Waals surface area contributed by atoms with Crippen molar-refractivity contribution in [2.24, 2.45) is 0 Å². The molecule has 47 heavy (non-hydrogen) atoms. The summed E-state index contributed by atoms with van der Waals surface area (Å²) >= 11 is 12.4. The summed E-state index contributed by atoms with van der Waals surface area (Å²) in [6.45, 7) is 11.6. The van der Waals surface area contributed by atoms with Crippen LogP contribution in [0.1, 0.15) is 23.1 Å². The van der Waals surface area contributed by atoms with Crippen molar-refractivity contribution in [1.82, 2.24) is 19.8 Å². The van der Waals surface area contributed by atoms with Crippen LogP contribution in [-0.2, 0) is 0 Å². The number of hydrogen-bond acceptors (Lipinski definition) is 8. The number of piperazine rings is 1. The summed E-state index contributed by atoms with van der Waals surface area (Å²) < 4.78 is 26.6. The minimum Gasteiger partial charge on any atom is -0.490 e. The Hall–Kier alpha value is -3.96. The number of amides is 1. The molecular weight excluding hydrogens is 642 g/mol. The number of halogens is 3. The first-order valence-corrected chi connectivity index (χ1v) is 16.2. The van der Waals surface area contributed by atoms with Crippen LogP contribution < -0.4 is 19.7 Å². The summed E-state index contributed by atoms with van der Waals surface area (Å²) in [6, 6.07) is 14.9. The SMILES string of the molecule is Cc1ccc(-c2cc(OC(=O)N(C)c3cc(Cl)ccc3Cl)nc(Nc3ccc(OCCCN4CCN(C)CC4)c(F)c3)n2)c(C)c1C. The van der Waals surface area contributed by atoms with E-state index in [0.29, 0.717) is 33.7 Å². The van der Waals surface area contributed by atoms with Crippen molar-refractivity contribution in [1.29, 1.82) is 0 Å². The van der Waals surface area contributed by atoms with E-state index in [2.05, 4.69) is 27.1 Å². The van der Waals surface area contributed by atoms with Gasteiger partial charge < -0.3 is 24.6 Å². The minimum absolute atomic E-state index is 0.00842.